The first-order chi connectivity index (χ1) is 20.1. The van der Waals surface area contributed by atoms with Crippen LogP contribution in [0.1, 0.15) is 19.4 Å². The lowest BCUT2D eigenvalue weighted by atomic mass is 10.1. The summed E-state index contributed by atoms with van der Waals surface area (Å²) in [6, 6.07) is 26.6. The van der Waals surface area contributed by atoms with Gasteiger partial charge in [-0.1, -0.05) is 68.8 Å². The first-order valence-electron chi connectivity index (χ1n) is 14.0. The Kier molecular flexibility index (Phi) is 8.42. The fourth-order valence-electron chi connectivity index (χ4n) is 5.03. The minimum Gasteiger partial charge on any atom is -0.383 e. The molecule has 2 aromatic carbocycles. The number of fused-ring (bicyclic) bond motifs is 1. The molecule has 1 aliphatic rings. The maximum atomic E-state index is 6.30. The van der Waals surface area contributed by atoms with Gasteiger partial charge in [0.2, 0.25) is 0 Å². The van der Waals surface area contributed by atoms with E-state index in [0.29, 0.717) is 11.6 Å². The fraction of sp³-hybridized carbons (Fsp3) is 0.206. The Morgan fingerprint density at radius 2 is 1.63 bits per heavy atom. The molecule has 1 fully saturated rings. The number of benzene rings is 2. The molecule has 41 heavy (non-hydrogen) atoms. The zero-order chi connectivity index (χ0) is 28.8. The quantitative estimate of drug-likeness (QED) is 0.265. The van der Waals surface area contributed by atoms with Crippen LogP contribution in [-0.4, -0.2) is 55.5 Å². The maximum Gasteiger partial charge on any atom is 0.165 e. The van der Waals surface area contributed by atoms with Crippen molar-refractivity contribution in [2.75, 3.05) is 31.9 Å². The molecule has 3 aromatic heterocycles. The molecule has 0 aliphatic carbocycles. The Morgan fingerprint density at radius 1 is 0.902 bits per heavy atom. The molecular weight excluding hydrogens is 506 g/mol. The molecule has 0 radical (unpaired) electrons. The van der Waals surface area contributed by atoms with Gasteiger partial charge in [-0.3, -0.25) is 9.47 Å². The molecule has 0 atom stereocenters. The first kappa shape index (κ1) is 27.6. The van der Waals surface area contributed by atoms with Crippen molar-refractivity contribution >= 4 is 17.0 Å². The topological polar surface area (TPSA) is 76.1 Å². The highest BCUT2D eigenvalue weighted by Crippen LogP contribution is 2.31. The van der Waals surface area contributed by atoms with Crippen molar-refractivity contribution < 1.29 is 0 Å². The summed E-state index contributed by atoms with van der Waals surface area (Å²) in [7, 11) is 0. The van der Waals surface area contributed by atoms with Gasteiger partial charge in [0.15, 0.2) is 11.5 Å². The smallest absolute Gasteiger partial charge is 0.165 e. The van der Waals surface area contributed by atoms with Gasteiger partial charge in [-0.25, -0.2) is 15.0 Å². The molecule has 0 saturated carbocycles. The van der Waals surface area contributed by atoms with Crippen molar-refractivity contribution in [2.45, 2.75) is 20.4 Å². The van der Waals surface area contributed by atoms with Gasteiger partial charge >= 0.3 is 0 Å². The minimum absolute atomic E-state index is 0.431. The third-order valence-corrected chi connectivity index (χ3v) is 7.17. The zero-order valence-electron chi connectivity index (χ0n) is 23.7. The standard InChI is InChI=1S/C32H29N7.C2H6/c1-3-23(2)38-20-18-37(19-21-38)22-24-11-13-26(14-12-24)39-31(27-10-7-17-34-30(27)33)36-29-16-15-28(35-32(29)39)25-8-5-4-6-9-25;1-2/h1,4-17H,2,18-22H2,(H2,33,34);1-2H3. The van der Waals surface area contributed by atoms with Gasteiger partial charge in [0.1, 0.15) is 11.3 Å². The van der Waals surface area contributed by atoms with Crippen LogP contribution in [0.3, 0.4) is 0 Å². The van der Waals surface area contributed by atoms with Crippen LogP contribution in [0.2, 0.25) is 0 Å². The van der Waals surface area contributed by atoms with Crippen LogP contribution in [0.4, 0.5) is 5.82 Å². The van der Waals surface area contributed by atoms with Gasteiger partial charge < -0.3 is 10.6 Å². The van der Waals surface area contributed by atoms with E-state index < -0.39 is 0 Å². The summed E-state index contributed by atoms with van der Waals surface area (Å²) in [6.07, 6.45) is 7.21. The summed E-state index contributed by atoms with van der Waals surface area (Å²) < 4.78 is 2.07. The molecule has 206 valence electrons. The predicted octanol–water partition coefficient (Wildman–Crippen LogP) is 6.02. The summed E-state index contributed by atoms with van der Waals surface area (Å²) in [5.74, 6) is 3.80. The van der Waals surface area contributed by atoms with Gasteiger partial charge in [-0.2, -0.15) is 0 Å². The Morgan fingerprint density at radius 3 is 2.32 bits per heavy atom. The number of piperazine rings is 1. The number of hydrogen-bond acceptors (Lipinski definition) is 6. The van der Waals surface area contributed by atoms with E-state index in [1.165, 1.54) is 5.56 Å². The molecule has 6 rings (SSSR count). The van der Waals surface area contributed by atoms with E-state index in [9.17, 15) is 0 Å². The molecule has 0 spiro atoms. The number of pyridine rings is 2. The molecular formula is C34H35N7. The van der Waals surface area contributed by atoms with Crippen LogP contribution in [0.5, 0.6) is 0 Å². The monoisotopic (exact) mass is 541 g/mol. The average Bonchev–Trinajstić information content (AvgIpc) is 3.41. The number of imidazole rings is 1. The largest absolute Gasteiger partial charge is 0.383 e. The lowest BCUT2D eigenvalue weighted by Gasteiger charge is -2.35. The van der Waals surface area contributed by atoms with Crippen molar-refractivity contribution in [3.8, 4) is 40.7 Å². The zero-order valence-corrected chi connectivity index (χ0v) is 23.7. The van der Waals surface area contributed by atoms with Crippen LogP contribution in [0, 0.1) is 12.3 Å². The van der Waals surface area contributed by atoms with Crippen LogP contribution in [-0.2, 0) is 6.54 Å². The van der Waals surface area contributed by atoms with Gasteiger partial charge in [-0.05, 0) is 42.0 Å². The second kappa shape index (κ2) is 12.5. The average molecular weight is 542 g/mol. The molecule has 7 nitrogen and oxygen atoms in total. The highest BCUT2D eigenvalue weighted by molar-refractivity contribution is 5.84. The van der Waals surface area contributed by atoms with E-state index >= 15 is 0 Å². The number of nitrogen functional groups attached to an aromatic ring is 1. The number of aromatic nitrogens is 4. The van der Waals surface area contributed by atoms with Gasteiger partial charge in [-0.15, -0.1) is 6.42 Å². The van der Waals surface area contributed by atoms with Gasteiger partial charge in [0.05, 0.1) is 17.0 Å². The first-order valence-corrected chi connectivity index (χ1v) is 14.0. The molecule has 0 unspecified atom stereocenters. The molecule has 7 heteroatoms. The van der Waals surface area contributed by atoms with Crippen molar-refractivity contribution in [3.63, 3.8) is 0 Å². The minimum atomic E-state index is 0.431. The van der Waals surface area contributed by atoms with Crippen molar-refractivity contribution in [1.82, 2.24) is 29.3 Å². The highest BCUT2D eigenvalue weighted by atomic mass is 15.3. The number of anilines is 1. The van der Waals surface area contributed by atoms with Gasteiger partial charge in [0.25, 0.3) is 0 Å². The maximum absolute atomic E-state index is 6.30. The third-order valence-electron chi connectivity index (χ3n) is 7.17. The molecule has 2 N–H and O–H groups in total. The molecule has 4 heterocycles. The number of terminal acetylenes is 1. The SMILES string of the molecule is C#CC(=C)N1CCN(Cc2ccc(-n3c(-c4cccnc4N)nc4ccc(-c5ccccc5)nc43)cc2)CC1.CC. The van der Waals surface area contributed by atoms with E-state index in [-0.39, 0.29) is 0 Å². The Bertz CT molecular complexity index is 1670. The molecule has 0 amide bonds. The number of hydrogen-bond donors (Lipinski definition) is 1. The number of nitrogens with zero attached hydrogens (tertiary/aromatic N) is 6. The molecule has 1 saturated heterocycles. The van der Waals surface area contributed by atoms with E-state index in [0.717, 1.165) is 72.1 Å². The van der Waals surface area contributed by atoms with E-state index in [1.807, 2.05) is 56.3 Å². The van der Waals surface area contributed by atoms with Crippen molar-refractivity contribution in [1.29, 1.82) is 0 Å². The molecule has 0 bridgehead atoms. The van der Waals surface area contributed by atoms with Crippen molar-refractivity contribution in [3.05, 3.63) is 103 Å². The van der Waals surface area contributed by atoms with Crippen LogP contribution < -0.4 is 5.73 Å². The Labute approximate surface area is 242 Å². The molecule has 5 aromatic rings. The number of rotatable bonds is 6. The highest BCUT2D eigenvalue weighted by Gasteiger charge is 2.20. The van der Waals surface area contributed by atoms with Crippen LogP contribution >= 0.6 is 0 Å². The third kappa shape index (κ3) is 5.84. The summed E-state index contributed by atoms with van der Waals surface area (Å²) in [5, 5.41) is 0. The molecule has 1 aliphatic heterocycles. The van der Waals surface area contributed by atoms with E-state index in [1.54, 1.807) is 6.20 Å². The second-order valence-corrected chi connectivity index (χ2v) is 9.63. The van der Waals surface area contributed by atoms with Crippen LogP contribution in [0.15, 0.2) is 97.3 Å². The van der Waals surface area contributed by atoms with Gasteiger partial charge in [0, 0.05) is 50.2 Å². The summed E-state index contributed by atoms with van der Waals surface area (Å²) >= 11 is 0. The second-order valence-electron chi connectivity index (χ2n) is 9.63. The van der Waals surface area contributed by atoms with Crippen molar-refractivity contribution in [2.24, 2.45) is 0 Å². The van der Waals surface area contributed by atoms with E-state index in [4.69, 9.17) is 22.1 Å². The Balaban J connectivity index is 0.00000165. The lowest BCUT2D eigenvalue weighted by molar-refractivity contribution is 0.157. The Hall–Kier alpha value is -4.93. The van der Waals surface area contributed by atoms with Crippen LogP contribution in [0.25, 0.3) is 39.5 Å². The predicted molar refractivity (Wildman–Crippen MR) is 168 cm³/mol. The number of nitrogens with two attached hydrogens (primary N) is 1. The number of allylic oxidation sites excluding steroid dienone is 1. The summed E-state index contributed by atoms with van der Waals surface area (Å²) in [6.45, 7) is 12.5. The lowest BCUT2D eigenvalue weighted by Crippen LogP contribution is -2.44. The normalized spacial score (nSPS) is 13.3. The summed E-state index contributed by atoms with van der Waals surface area (Å²) in [5.41, 5.74) is 13.5. The van der Waals surface area contributed by atoms with E-state index in [2.05, 4.69) is 68.2 Å². The fourth-order valence-corrected chi connectivity index (χ4v) is 5.03. The summed E-state index contributed by atoms with van der Waals surface area (Å²) in [4.78, 5) is 18.9.